The number of rotatable bonds is 3. The molecule has 2 aromatic rings. The van der Waals surface area contributed by atoms with Crippen LogP contribution in [0.1, 0.15) is 30.7 Å². The summed E-state index contributed by atoms with van der Waals surface area (Å²) in [5.41, 5.74) is 3.15. The quantitative estimate of drug-likeness (QED) is 0.927. The van der Waals surface area contributed by atoms with Crippen LogP contribution in [0.3, 0.4) is 0 Å². The molecule has 0 saturated carbocycles. The smallest absolute Gasteiger partial charge is 0.317 e. The molecule has 0 aromatic carbocycles. The Hall–Kier alpha value is -2.63. The Morgan fingerprint density at radius 2 is 2.04 bits per heavy atom. The molecule has 132 valence electrons. The van der Waals surface area contributed by atoms with E-state index in [9.17, 15) is 9.59 Å². The van der Waals surface area contributed by atoms with Gasteiger partial charge in [0, 0.05) is 49.7 Å². The van der Waals surface area contributed by atoms with Crippen molar-refractivity contribution in [1.82, 2.24) is 19.8 Å². The lowest BCUT2D eigenvalue weighted by atomic mass is 10.1. The molecule has 2 amide bonds. The molecule has 0 saturated heterocycles. The second kappa shape index (κ2) is 7.51. The van der Waals surface area contributed by atoms with Gasteiger partial charge >= 0.3 is 6.03 Å². The van der Waals surface area contributed by atoms with Gasteiger partial charge in [-0.3, -0.25) is 9.78 Å². The van der Waals surface area contributed by atoms with E-state index in [1.807, 2.05) is 41.5 Å². The minimum Gasteiger partial charge on any atom is -0.336 e. The third-order valence-electron chi connectivity index (χ3n) is 4.42. The third-order valence-corrected chi connectivity index (χ3v) is 4.42. The number of carbonyl (C=O) groups is 1. The van der Waals surface area contributed by atoms with Crippen LogP contribution in [0.4, 0.5) is 4.79 Å². The SMILES string of the molecule is CC(C)NC(=O)N1CCc2ccc(=O)n(Cc3cccnc3)c2CC1. The molecule has 0 atom stereocenters. The first-order chi connectivity index (χ1) is 12.0. The minimum absolute atomic E-state index is 0.0114. The summed E-state index contributed by atoms with van der Waals surface area (Å²) in [5.74, 6) is 0. The van der Waals surface area contributed by atoms with Crippen molar-refractivity contribution in [3.8, 4) is 0 Å². The van der Waals surface area contributed by atoms with Crippen molar-refractivity contribution in [3.63, 3.8) is 0 Å². The average Bonchev–Trinajstić information content (AvgIpc) is 2.81. The van der Waals surface area contributed by atoms with Crippen molar-refractivity contribution >= 4 is 6.03 Å². The lowest BCUT2D eigenvalue weighted by Gasteiger charge is -2.22. The third kappa shape index (κ3) is 4.07. The zero-order chi connectivity index (χ0) is 17.8. The molecule has 1 aliphatic heterocycles. The monoisotopic (exact) mass is 340 g/mol. The number of carbonyl (C=O) groups excluding carboxylic acids is 1. The van der Waals surface area contributed by atoms with E-state index in [0.29, 0.717) is 26.1 Å². The number of amides is 2. The van der Waals surface area contributed by atoms with E-state index in [1.54, 1.807) is 18.5 Å². The minimum atomic E-state index is -0.0380. The van der Waals surface area contributed by atoms with E-state index in [2.05, 4.69) is 10.3 Å². The summed E-state index contributed by atoms with van der Waals surface area (Å²) in [7, 11) is 0. The van der Waals surface area contributed by atoms with Crippen LogP contribution in [0, 0.1) is 0 Å². The maximum Gasteiger partial charge on any atom is 0.317 e. The number of nitrogens with one attached hydrogen (secondary N) is 1. The van der Waals surface area contributed by atoms with Crippen molar-refractivity contribution in [2.75, 3.05) is 13.1 Å². The van der Waals surface area contributed by atoms with E-state index >= 15 is 0 Å². The maximum atomic E-state index is 12.4. The van der Waals surface area contributed by atoms with Crippen LogP contribution in [-0.4, -0.2) is 39.6 Å². The van der Waals surface area contributed by atoms with E-state index in [1.165, 1.54) is 0 Å². The number of fused-ring (bicyclic) bond motifs is 1. The lowest BCUT2D eigenvalue weighted by molar-refractivity contribution is 0.197. The van der Waals surface area contributed by atoms with Crippen LogP contribution < -0.4 is 10.9 Å². The van der Waals surface area contributed by atoms with Gasteiger partial charge in [0.25, 0.3) is 5.56 Å². The lowest BCUT2D eigenvalue weighted by Crippen LogP contribution is -2.44. The normalized spacial score (nSPS) is 14.1. The Labute approximate surface area is 147 Å². The van der Waals surface area contributed by atoms with Crippen LogP contribution in [0.5, 0.6) is 0 Å². The van der Waals surface area contributed by atoms with Gasteiger partial charge in [0.15, 0.2) is 0 Å². The predicted molar refractivity (Wildman–Crippen MR) is 96.7 cm³/mol. The average molecular weight is 340 g/mol. The molecule has 0 spiro atoms. The van der Waals surface area contributed by atoms with E-state index in [4.69, 9.17) is 0 Å². The Morgan fingerprint density at radius 1 is 1.24 bits per heavy atom. The highest BCUT2D eigenvalue weighted by molar-refractivity contribution is 5.74. The fourth-order valence-electron chi connectivity index (χ4n) is 3.18. The number of aromatic nitrogens is 2. The molecule has 3 heterocycles. The first kappa shape index (κ1) is 17.2. The number of hydrogen-bond donors (Lipinski definition) is 1. The van der Waals surface area contributed by atoms with Crippen LogP contribution in [0.25, 0.3) is 0 Å². The first-order valence-electron chi connectivity index (χ1n) is 8.70. The molecule has 6 heteroatoms. The summed E-state index contributed by atoms with van der Waals surface area (Å²) >= 11 is 0. The molecular formula is C19H24N4O2. The summed E-state index contributed by atoms with van der Waals surface area (Å²) in [6.07, 6.45) is 4.94. The van der Waals surface area contributed by atoms with Crippen LogP contribution in [-0.2, 0) is 19.4 Å². The van der Waals surface area contributed by atoms with Gasteiger partial charge < -0.3 is 14.8 Å². The highest BCUT2D eigenvalue weighted by Crippen LogP contribution is 2.16. The number of pyridine rings is 2. The van der Waals surface area contributed by atoms with E-state index in [-0.39, 0.29) is 17.6 Å². The second-order valence-electron chi connectivity index (χ2n) is 6.68. The molecule has 2 aromatic heterocycles. The summed E-state index contributed by atoms with van der Waals surface area (Å²) in [6.45, 7) is 5.69. The van der Waals surface area contributed by atoms with E-state index in [0.717, 1.165) is 23.2 Å². The van der Waals surface area contributed by atoms with Crippen LogP contribution in [0.2, 0.25) is 0 Å². The summed E-state index contributed by atoms with van der Waals surface area (Å²) in [4.78, 5) is 30.7. The fraction of sp³-hybridized carbons (Fsp3) is 0.421. The molecule has 0 radical (unpaired) electrons. The highest BCUT2D eigenvalue weighted by atomic mass is 16.2. The largest absolute Gasteiger partial charge is 0.336 e. The molecule has 0 fully saturated rings. The molecule has 1 aliphatic rings. The molecule has 3 rings (SSSR count). The second-order valence-corrected chi connectivity index (χ2v) is 6.68. The zero-order valence-electron chi connectivity index (χ0n) is 14.7. The van der Waals surface area contributed by atoms with Gasteiger partial charge in [0.05, 0.1) is 6.54 Å². The van der Waals surface area contributed by atoms with Crippen LogP contribution >= 0.6 is 0 Å². The van der Waals surface area contributed by atoms with Gasteiger partial charge in [-0.2, -0.15) is 0 Å². The van der Waals surface area contributed by atoms with Gasteiger partial charge in [-0.25, -0.2) is 4.79 Å². The van der Waals surface area contributed by atoms with Gasteiger partial charge in [-0.05, 0) is 37.5 Å². The van der Waals surface area contributed by atoms with Crippen molar-refractivity contribution in [2.45, 2.75) is 39.3 Å². The summed E-state index contributed by atoms with van der Waals surface area (Å²) in [6, 6.07) is 7.45. The van der Waals surface area contributed by atoms with Crippen molar-refractivity contribution in [2.24, 2.45) is 0 Å². The first-order valence-corrected chi connectivity index (χ1v) is 8.70. The maximum absolute atomic E-state index is 12.4. The molecule has 0 aliphatic carbocycles. The van der Waals surface area contributed by atoms with Gasteiger partial charge in [0.2, 0.25) is 0 Å². The zero-order valence-corrected chi connectivity index (χ0v) is 14.7. The number of urea groups is 1. The van der Waals surface area contributed by atoms with Crippen molar-refractivity contribution in [3.05, 3.63) is 63.8 Å². The Kier molecular flexibility index (Phi) is 5.16. The van der Waals surface area contributed by atoms with Crippen molar-refractivity contribution < 1.29 is 4.79 Å². The summed E-state index contributed by atoms with van der Waals surface area (Å²) in [5, 5.41) is 2.94. The Bertz CT molecular complexity index is 799. The molecule has 0 bridgehead atoms. The summed E-state index contributed by atoms with van der Waals surface area (Å²) < 4.78 is 1.82. The fourth-order valence-corrected chi connectivity index (χ4v) is 3.18. The Morgan fingerprint density at radius 3 is 2.76 bits per heavy atom. The number of hydrogen-bond acceptors (Lipinski definition) is 3. The highest BCUT2D eigenvalue weighted by Gasteiger charge is 2.21. The standard InChI is InChI=1S/C19H24N4O2/c1-14(2)21-19(25)22-10-7-16-5-6-18(24)23(17(16)8-11-22)13-15-4-3-9-20-12-15/h3-6,9,12,14H,7-8,10-11,13H2,1-2H3,(H,21,25). The van der Waals surface area contributed by atoms with E-state index < -0.39 is 0 Å². The van der Waals surface area contributed by atoms with Gasteiger partial charge in [0.1, 0.15) is 0 Å². The number of nitrogens with zero attached hydrogens (tertiary/aromatic N) is 3. The van der Waals surface area contributed by atoms with Crippen molar-refractivity contribution in [1.29, 1.82) is 0 Å². The van der Waals surface area contributed by atoms with Gasteiger partial charge in [-0.1, -0.05) is 12.1 Å². The Balaban J connectivity index is 1.84. The molecule has 1 N–H and O–H groups in total. The molecule has 6 nitrogen and oxygen atoms in total. The molecule has 25 heavy (non-hydrogen) atoms. The van der Waals surface area contributed by atoms with Crippen LogP contribution in [0.15, 0.2) is 41.5 Å². The van der Waals surface area contributed by atoms with Gasteiger partial charge in [-0.15, -0.1) is 0 Å². The predicted octanol–water partition coefficient (Wildman–Crippen LogP) is 1.81. The topological polar surface area (TPSA) is 67.2 Å². The molecule has 0 unspecified atom stereocenters. The molecular weight excluding hydrogens is 316 g/mol.